The maximum atomic E-state index is 9.20. The third-order valence-corrected chi connectivity index (χ3v) is 4.12. The molecule has 0 atom stereocenters. The number of aliphatic hydroxyl groups is 1. The predicted molar refractivity (Wildman–Crippen MR) is 82.1 cm³/mol. The number of hydrogen-bond donors (Lipinski definition) is 2. The lowest BCUT2D eigenvalue weighted by molar-refractivity contribution is 0.137. The molecule has 106 valence electrons. The zero-order valence-corrected chi connectivity index (χ0v) is 12.7. The smallest absolute Gasteiger partial charge is 0.0558 e. The molecule has 0 aliphatic carbocycles. The van der Waals surface area contributed by atoms with Gasteiger partial charge in [-0.3, -0.25) is 4.90 Å². The van der Waals surface area contributed by atoms with Crippen molar-refractivity contribution in [1.29, 1.82) is 0 Å². The van der Waals surface area contributed by atoms with Crippen LogP contribution in [-0.2, 0) is 6.54 Å². The van der Waals surface area contributed by atoms with Gasteiger partial charge < -0.3 is 10.8 Å². The number of nitrogens with two attached hydrogens (primary N) is 1. The molecule has 19 heavy (non-hydrogen) atoms. The largest absolute Gasteiger partial charge is 0.395 e. The van der Waals surface area contributed by atoms with Crippen LogP contribution in [0.1, 0.15) is 37.1 Å². The fraction of sp³-hybridized carbons (Fsp3) is 0.600. The highest BCUT2D eigenvalue weighted by atomic mass is 32.1. The van der Waals surface area contributed by atoms with Gasteiger partial charge in [0.15, 0.2) is 0 Å². The quantitative estimate of drug-likeness (QED) is 0.752. The van der Waals surface area contributed by atoms with Crippen LogP contribution >= 0.6 is 11.3 Å². The Morgan fingerprint density at radius 1 is 1.42 bits per heavy atom. The van der Waals surface area contributed by atoms with E-state index in [1.165, 1.54) is 4.88 Å². The van der Waals surface area contributed by atoms with E-state index in [1.54, 1.807) is 11.3 Å². The van der Waals surface area contributed by atoms with Crippen LogP contribution in [0, 0.1) is 11.8 Å². The van der Waals surface area contributed by atoms with Crippen LogP contribution in [-0.4, -0.2) is 35.7 Å². The lowest BCUT2D eigenvalue weighted by Gasteiger charge is -2.29. The Balaban J connectivity index is 2.70. The Bertz CT molecular complexity index is 415. The molecule has 0 fully saturated rings. The molecule has 1 aromatic heterocycles. The van der Waals surface area contributed by atoms with E-state index in [-0.39, 0.29) is 6.61 Å². The van der Waals surface area contributed by atoms with Crippen molar-refractivity contribution in [1.82, 2.24) is 4.90 Å². The summed E-state index contributed by atoms with van der Waals surface area (Å²) in [5.41, 5.74) is 6.41. The predicted octanol–water partition coefficient (Wildman–Crippen LogP) is 2.04. The molecule has 0 amide bonds. The van der Waals surface area contributed by atoms with Gasteiger partial charge in [0, 0.05) is 35.0 Å². The van der Waals surface area contributed by atoms with Gasteiger partial charge in [-0.25, -0.2) is 0 Å². The van der Waals surface area contributed by atoms with Gasteiger partial charge in [-0.05, 0) is 18.9 Å². The fourth-order valence-corrected chi connectivity index (χ4v) is 3.05. The van der Waals surface area contributed by atoms with Crippen LogP contribution in [0.25, 0.3) is 0 Å². The second-order valence-electron chi connectivity index (χ2n) is 4.47. The number of hydrogen-bond acceptors (Lipinski definition) is 4. The molecule has 3 N–H and O–H groups in total. The summed E-state index contributed by atoms with van der Waals surface area (Å²) in [6, 6.07) is 2.66. The standard InChI is InChI=1S/C15H24N2OS/c1-3-14(4-2)17(8-9-18)11-15-10-13(12-19-15)6-5-7-16/h10,12,14,18H,3-4,7-9,11,16H2,1-2H3. The van der Waals surface area contributed by atoms with Crippen molar-refractivity contribution in [2.24, 2.45) is 5.73 Å². The first kappa shape index (κ1) is 16.2. The van der Waals surface area contributed by atoms with E-state index < -0.39 is 0 Å². The zero-order chi connectivity index (χ0) is 14.1. The van der Waals surface area contributed by atoms with Crippen molar-refractivity contribution in [3.05, 3.63) is 21.9 Å². The Morgan fingerprint density at radius 3 is 2.74 bits per heavy atom. The summed E-state index contributed by atoms with van der Waals surface area (Å²) in [6.07, 6.45) is 2.23. The molecule has 1 rings (SSSR count). The summed E-state index contributed by atoms with van der Waals surface area (Å²) >= 11 is 1.73. The van der Waals surface area contributed by atoms with E-state index in [0.29, 0.717) is 12.6 Å². The number of nitrogens with zero attached hydrogens (tertiary/aromatic N) is 1. The maximum Gasteiger partial charge on any atom is 0.0558 e. The van der Waals surface area contributed by atoms with Crippen molar-refractivity contribution in [2.75, 3.05) is 19.7 Å². The number of aliphatic hydroxyl groups excluding tert-OH is 1. The number of thiophene rings is 1. The third-order valence-electron chi connectivity index (χ3n) is 3.19. The van der Waals surface area contributed by atoms with Gasteiger partial charge >= 0.3 is 0 Å². The summed E-state index contributed by atoms with van der Waals surface area (Å²) < 4.78 is 0. The lowest BCUT2D eigenvalue weighted by atomic mass is 10.1. The molecule has 4 heteroatoms. The van der Waals surface area contributed by atoms with Gasteiger partial charge in [-0.1, -0.05) is 25.7 Å². The van der Waals surface area contributed by atoms with Crippen molar-refractivity contribution >= 4 is 11.3 Å². The average molecular weight is 280 g/mol. The second kappa shape index (κ2) is 9.11. The summed E-state index contributed by atoms with van der Waals surface area (Å²) in [5, 5.41) is 11.3. The van der Waals surface area contributed by atoms with E-state index >= 15 is 0 Å². The molecule has 0 aliphatic rings. The van der Waals surface area contributed by atoms with Crippen molar-refractivity contribution in [3.63, 3.8) is 0 Å². The average Bonchev–Trinajstić information content (AvgIpc) is 2.85. The molecule has 1 aromatic rings. The summed E-state index contributed by atoms with van der Waals surface area (Å²) in [6.45, 7) is 6.63. The highest BCUT2D eigenvalue weighted by Gasteiger charge is 2.15. The summed E-state index contributed by atoms with van der Waals surface area (Å²) in [4.78, 5) is 3.65. The Morgan fingerprint density at radius 2 is 2.16 bits per heavy atom. The van der Waals surface area contributed by atoms with Gasteiger partial charge in [-0.2, -0.15) is 0 Å². The molecule has 0 unspecified atom stereocenters. The van der Waals surface area contributed by atoms with Crippen LogP contribution in [0.4, 0.5) is 0 Å². The van der Waals surface area contributed by atoms with Crippen LogP contribution in [0.15, 0.2) is 11.4 Å². The van der Waals surface area contributed by atoms with Crippen LogP contribution < -0.4 is 5.73 Å². The highest BCUT2D eigenvalue weighted by molar-refractivity contribution is 7.10. The molecule has 0 saturated carbocycles. The summed E-state index contributed by atoms with van der Waals surface area (Å²) in [5.74, 6) is 5.93. The van der Waals surface area contributed by atoms with Gasteiger partial charge in [-0.15, -0.1) is 11.3 Å². The molecule has 0 aromatic carbocycles. The first-order valence-corrected chi connectivity index (χ1v) is 7.74. The lowest BCUT2D eigenvalue weighted by Crippen LogP contribution is -2.35. The van der Waals surface area contributed by atoms with Crippen molar-refractivity contribution < 1.29 is 5.11 Å². The highest BCUT2D eigenvalue weighted by Crippen LogP contribution is 2.19. The minimum absolute atomic E-state index is 0.210. The summed E-state index contributed by atoms with van der Waals surface area (Å²) in [7, 11) is 0. The molecule has 1 heterocycles. The second-order valence-corrected chi connectivity index (χ2v) is 5.47. The molecule has 0 spiro atoms. The molecular formula is C15H24N2OS. The van der Waals surface area contributed by atoms with E-state index in [1.807, 2.05) is 0 Å². The normalized spacial score (nSPS) is 10.8. The van der Waals surface area contributed by atoms with Crippen LogP contribution in [0.3, 0.4) is 0 Å². The Kier molecular flexibility index (Phi) is 7.76. The van der Waals surface area contributed by atoms with Crippen LogP contribution in [0.5, 0.6) is 0 Å². The van der Waals surface area contributed by atoms with Gasteiger partial charge in [0.05, 0.1) is 13.2 Å². The topological polar surface area (TPSA) is 49.5 Å². The molecule has 3 nitrogen and oxygen atoms in total. The van der Waals surface area contributed by atoms with Gasteiger partial charge in [0.2, 0.25) is 0 Å². The zero-order valence-electron chi connectivity index (χ0n) is 11.9. The Labute approximate surface area is 120 Å². The minimum Gasteiger partial charge on any atom is -0.395 e. The maximum absolute atomic E-state index is 9.20. The van der Waals surface area contributed by atoms with E-state index in [0.717, 1.165) is 31.5 Å². The molecule has 0 saturated heterocycles. The van der Waals surface area contributed by atoms with Crippen molar-refractivity contribution in [3.8, 4) is 11.8 Å². The molecular weight excluding hydrogens is 256 g/mol. The monoisotopic (exact) mass is 280 g/mol. The molecule has 0 aliphatic heterocycles. The SMILES string of the molecule is CCC(CC)N(CCO)Cc1cc(C#CCN)cs1. The number of rotatable bonds is 7. The molecule has 0 bridgehead atoms. The first-order chi connectivity index (χ1) is 9.24. The van der Waals surface area contributed by atoms with Crippen LogP contribution in [0.2, 0.25) is 0 Å². The van der Waals surface area contributed by atoms with E-state index in [2.05, 4.69) is 42.0 Å². The fourth-order valence-electron chi connectivity index (χ4n) is 2.21. The Hall–Kier alpha value is -0.860. The third kappa shape index (κ3) is 5.33. The first-order valence-electron chi connectivity index (χ1n) is 6.86. The minimum atomic E-state index is 0.210. The van der Waals surface area contributed by atoms with Crippen molar-refractivity contribution in [2.45, 2.75) is 39.3 Å². The van der Waals surface area contributed by atoms with E-state index in [9.17, 15) is 5.11 Å². The van der Waals surface area contributed by atoms with E-state index in [4.69, 9.17) is 5.73 Å². The van der Waals surface area contributed by atoms with Gasteiger partial charge in [0.1, 0.15) is 0 Å². The van der Waals surface area contributed by atoms with Gasteiger partial charge in [0.25, 0.3) is 0 Å². The molecule has 0 radical (unpaired) electrons.